The monoisotopic (exact) mass is 415 g/mol. The number of hydrogen-bond acceptors (Lipinski definition) is 1. The normalized spacial score (nSPS) is 12.4. The van der Waals surface area contributed by atoms with Crippen LogP contribution >= 0.6 is 38.5 Å². The standard InChI is InChI=1S/C15H15BrIN/c1-11(14-4-2-3-5-15(14)16)18-10-12-6-8-13(17)9-7-12/h2-9,11,18H,10H2,1H3/t11-/m1/s1. The molecule has 1 nitrogen and oxygen atoms in total. The van der Waals surface area contributed by atoms with Crippen LogP contribution in [0.5, 0.6) is 0 Å². The van der Waals surface area contributed by atoms with E-state index in [0.29, 0.717) is 6.04 Å². The topological polar surface area (TPSA) is 12.0 Å². The molecule has 0 aliphatic rings. The highest BCUT2D eigenvalue weighted by molar-refractivity contribution is 14.1. The first kappa shape index (κ1) is 14.0. The van der Waals surface area contributed by atoms with E-state index in [1.807, 2.05) is 6.07 Å². The van der Waals surface area contributed by atoms with Gasteiger partial charge in [-0.2, -0.15) is 0 Å². The van der Waals surface area contributed by atoms with E-state index in [4.69, 9.17) is 0 Å². The first-order chi connectivity index (χ1) is 8.66. The van der Waals surface area contributed by atoms with Gasteiger partial charge in [0.25, 0.3) is 0 Å². The van der Waals surface area contributed by atoms with Crippen molar-refractivity contribution in [1.82, 2.24) is 5.32 Å². The Balaban J connectivity index is 1.98. The lowest BCUT2D eigenvalue weighted by molar-refractivity contribution is 0.573. The second kappa shape index (κ2) is 6.68. The van der Waals surface area contributed by atoms with Crippen LogP contribution in [0.2, 0.25) is 0 Å². The van der Waals surface area contributed by atoms with Gasteiger partial charge >= 0.3 is 0 Å². The van der Waals surface area contributed by atoms with E-state index in [1.165, 1.54) is 14.7 Å². The summed E-state index contributed by atoms with van der Waals surface area (Å²) in [7, 11) is 0. The van der Waals surface area contributed by atoms with Gasteiger partial charge in [-0.1, -0.05) is 46.3 Å². The van der Waals surface area contributed by atoms with Gasteiger partial charge in [0.2, 0.25) is 0 Å². The zero-order valence-corrected chi connectivity index (χ0v) is 13.9. The van der Waals surface area contributed by atoms with Crippen molar-refractivity contribution in [3.63, 3.8) is 0 Å². The van der Waals surface area contributed by atoms with Gasteiger partial charge in [-0.3, -0.25) is 0 Å². The maximum atomic E-state index is 3.59. The number of rotatable bonds is 4. The molecule has 3 heteroatoms. The molecule has 2 rings (SSSR count). The molecule has 0 saturated heterocycles. The van der Waals surface area contributed by atoms with Crippen molar-refractivity contribution in [3.05, 3.63) is 67.7 Å². The van der Waals surface area contributed by atoms with Crippen LogP contribution in [-0.2, 0) is 6.54 Å². The minimum atomic E-state index is 0.333. The van der Waals surface area contributed by atoms with Crippen LogP contribution in [0.1, 0.15) is 24.1 Å². The molecule has 0 aromatic heterocycles. The molecule has 18 heavy (non-hydrogen) atoms. The fourth-order valence-electron chi connectivity index (χ4n) is 1.81. The largest absolute Gasteiger partial charge is 0.306 e. The lowest BCUT2D eigenvalue weighted by Gasteiger charge is -2.15. The molecule has 94 valence electrons. The average molecular weight is 416 g/mol. The fraction of sp³-hybridized carbons (Fsp3) is 0.200. The molecule has 0 radical (unpaired) electrons. The van der Waals surface area contributed by atoms with Crippen LogP contribution in [0.4, 0.5) is 0 Å². The van der Waals surface area contributed by atoms with E-state index in [9.17, 15) is 0 Å². The third-order valence-corrected chi connectivity index (χ3v) is 4.34. The van der Waals surface area contributed by atoms with Gasteiger partial charge < -0.3 is 5.32 Å². The summed E-state index contributed by atoms with van der Waals surface area (Å²) in [6.07, 6.45) is 0. The molecule has 0 aliphatic heterocycles. The molecule has 0 heterocycles. The van der Waals surface area contributed by atoms with Gasteiger partial charge in [0.15, 0.2) is 0 Å². The summed E-state index contributed by atoms with van der Waals surface area (Å²) < 4.78 is 2.43. The molecular weight excluding hydrogens is 401 g/mol. The van der Waals surface area contributed by atoms with Crippen molar-refractivity contribution < 1.29 is 0 Å². The number of nitrogens with one attached hydrogen (secondary N) is 1. The first-order valence-electron chi connectivity index (χ1n) is 5.89. The van der Waals surface area contributed by atoms with Crippen LogP contribution in [0, 0.1) is 3.57 Å². The maximum absolute atomic E-state index is 3.59. The van der Waals surface area contributed by atoms with Crippen LogP contribution < -0.4 is 5.32 Å². The summed E-state index contributed by atoms with van der Waals surface area (Å²) in [5, 5.41) is 3.54. The molecule has 0 aliphatic carbocycles. The van der Waals surface area contributed by atoms with Gasteiger partial charge in [0, 0.05) is 20.6 Å². The molecule has 2 aromatic carbocycles. The van der Waals surface area contributed by atoms with Gasteiger partial charge in [0.05, 0.1) is 0 Å². The van der Waals surface area contributed by atoms with Crippen molar-refractivity contribution in [2.45, 2.75) is 19.5 Å². The summed E-state index contributed by atoms with van der Waals surface area (Å²) in [6, 6.07) is 17.3. The lowest BCUT2D eigenvalue weighted by Crippen LogP contribution is -2.18. The highest BCUT2D eigenvalue weighted by Crippen LogP contribution is 2.23. The van der Waals surface area contributed by atoms with E-state index >= 15 is 0 Å². The van der Waals surface area contributed by atoms with Gasteiger partial charge in [-0.05, 0) is 58.8 Å². The first-order valence-corrected chi connectivity index (χ1v) is 7.76. The second-order valence-corrected chi connectivity index (χ2v) is 6.35. The average Bonchev–Trinajstić information content (AvgIpc) is 2.38. The molecule has 0 saturated carbocycles. The van der Waals surface area contributed by atoms with E-state index in [0.717, 1.165) is 11.0 Å². The fourth-order valence-corrected chi connectivity index (χ4v) is 2.80. The zero-order valence-electron chi connectivity index (χ0n) is 10.2. The summed E-state index contributed by atoms with van der Waals surface area (Å²) in [6.45, 7) is 3.08. The van der Waals surface area contributed by atoms with Crippen LogP contribution in [0.25, 0.3) is 0 Å². The minimum Gasteiger partial charge on any atom is -0.306 e. The summed E-state index contributed by atoms with van der Waals surface area (Å²) in [5.41, 5.74) is 2.61. The highest BCUT2D eigenvalue weighted by atomic mass is 127. The van der Waals surface area contributed by atoms with Crippen molar-refractivity contribution >= 4 is 38.5 Å². The van der Waals surface area contributed by atoms with Crippen molar-refractivity contribution in [2.24, 2.45) is 0 Å². The minimum absolute atomic E-state index is 0.333. The molecule has 0 amide bonds. The van der Waals surface area contributed by atoms with Crippen molar-refractivity contribution in [1.29, 1.82) is 0 Å². The molecule has 1 N–H and O–H groups in total. The molecule has 0 fully saturated rings. The Labute approximate surface area is 130 Å². The molecular formula is C15H15BrIN. The molecule has 0 spiro atoms. The third-order valence-electron chi connectivity index (χ3n) is 2.90. The van der Waals surface area contributed by atoms with Crippen molar-refractivity contribution in [2.75, 3.05) is 0 Å². The molecule has 0 bridgehead atoms. The van der Waals surface area contributed by atoms with Crippen molar-refractivity contribution in [3.8, 4) is 0 Å². The number of benzene rings is 2. The Morgan fingerprint density at radius 1 is 1.11 bits per heavy atom. The Bertz CT molecular complexity index is 510. The summed E-state index contributed by atoms with van der Waals surface area (Å²) in [5.74, 6) is 0. The summed E-state index contributed by atoms with van der Waals surface area (Å²) in [4.78, 5) is 0. The van der Waals surface area contributed by atoms with Crippen LogP contribution in [0.3, 0.4) is 0 Å². The summed E-state index contributed by atoms with van der Waals surface area (Å²) >= 11 is 5.92. The lowest BCUT2D eigenvalue weighted by atomic mass is 10.1. The van der Waals surface area contributed by atoms with E-state index in [-0.39, 0.29) is 0 Å². The molecule has 1 atom stereocenters. The van der Waals surface area contributed by atoms with Gasteiger partial charge in [-0.15, -0.1) is 0 Å². The Hall–Kier alpha value is -0.390. The Morgan fingerprint density at radius 3 is 2.44 bits per heavy atom. The van der Waals surface area contributed by atoms with E-state index < -0.39 is 0 Å². The SMILES string of the molecule is C[C@@H](NCc1ccc(I)cc1)c1ccccc1Br. The Kier molecular flexibility index (Phi) is 5.21. The zero-order chi connectivity index (χ0) is 13.0. The third kappa shape index (κ3) is 3.80. The predicted molar refractivity (Wildman–Crippen MR) is 88.6 cm³/mol. The maximum Gasteiger partial charge on any atom is 0.0306 e. The van der Waals surface area contributed by atoms with E-state index in [1.54, 1.807) is 0 Å². The highest BCUT2D eigenvalue weighted by Gasteiger charge is 2.07. The smallest absolute Gasteiger partial charge is 0.0306 e. The Morgan fingerprint density at radius 2 is 1.78 bits per heavy atom. The van der Waals surface area contributed by atoms with Crippen LogP contribution in [0.15, 0.2) is 53.0 Å². The second-order valence-electron chi connectivity index (χ2n) is 4.25. The number of hydrogen-bond donors (Lipinski definition) is 1. The van der Waals surface area contributed by atoms with Gasteiger partial charge in [0.1, 0.15) is 0 Å². The van der Waals surface area contributed by atoms with Gasteiger partial charge in [-0.25, -0.2) is 0 Å². The quantitative estimate of drug-likeness (QED) is 0.700. The van der Waals surface area contributed by atoms with Crippen LogP contribution in [-0.4, -0.2) is 0 Å². The van der Waals surface area contributed by atoms with E-state index in [2.05, 4.69) is 93.2 Å². The molecule has 2 aromatic rings. The number of halogens is 2. The predicted octanol–water partition coefficient (Wildman–Crippen LogP) is 4.90. The molecule has 0 unspecified atom stereocenters.